The number of halogens is 1. The van der Waals surface area contributed by atoms with Crippen molar-refractivity contribution in [2.24, 2.45) is 11.3 Å². The Morgan fingerprint density at radius 2 is 2.03 bits per heavy atom. The number of para-hydroxylation sites is 1. The molecule has 1 saturated carbocycles. The molecule has 36 heavy (non-hydrogen) atoms. The molecule has 2 aromatic rings. The number of fused-ring (bicyclic) bond motifs is 1. The SMILES string of the molecule is CC1CCCCN1C(=O)CC(NC(=O)C1CC2(COC2)C1)C(=O)N[C@@H](C)c1nc2c(F)cccc2[nH]1. The first-order chi connectivity index (χ1) is 17.2. The van der Waals surface area contributed by atoms with Gasteiger partial charge in [0.15, 0.2) is 5.82 Å². The monoisotopic (exact) mass is 499 g/mol. The first-order valence-corrected chi connectivity index (χ1v) is 12.9. The zero-order valence-electron chi connectivity index (χ0n) is 20.8. The maximum Gasteiger partial charge on any atom is 0.243 e. The molecule has 0 radical (unpaired) electrons. The van der Waals surface area contributed by atoms with E-state index in [9.17, 15) is 18.8 Å². The molecule has 2 aliphatic heterocycles. The summed E-state index contributed by atoms with van der Waals surface area (Å²) >= 11 is 0. The number of benzene rings is 1. The van der Waals surface area contributed by atoms with E-state index < -0.39 is 23.8 Å². The minimum atomic E-state index is -1.00. The first kappa shape index (κ1) is 24.7. The fourth-order valence-electron chi connectivity index (χ4n) is 5.66. The van der Waals surface area contributed by atoms with Crippen molar-refractivity contribution in [3.05, 3.63) is 29.8 Å². The Kier molecular flexibility index (Phi) is 6.72. The Balaban J connectivity index is 1.27. The van der Waals surface area contributed by atoms with Crippen LogP contribution in [0.5, 0.6) is 0 Å². The van der Waals surface area contributed by atoms with E-state index >= 15 is 0 Å². The van der Waals surface area contributed by atoms with Crippen molar-refractivity contribution in [1.29, 1.82) is 0 Å². The molecular formula is C26H34FN5O4. The Morgan fingerprint density at radius 3 is 2.69 bits per heavy atom. The molecular weight excluding hydrogens is 465 g/mol. The summed E-state index contributed by atoms with van der Waals surface area (Å²) in [4.78, 5) is 48.6. The lowest BCUT2D eigenvalue weighted by Gasteiger charge is -2.52. The lowest BCUT2D eigenvalue weighted by atomic mass is 9.60. The molecule has 3 aliphatic rings. The van der Waals surface area contributed by atoms with Crippen LogP contribution in [0.1, 0.15) is 64.2 Å². The summed E-state index contributed by atoms with van der Waals surface area (Å²) in [5, 5.41) is 5.71. The number of amides is 3. The largest absolute Gasteiger partial charge is 0.380 e. The number of likely N-dealkylation sites (tertiary alicyclic amines) is 1. The third kappa shape index (κ3) is 4.83. The van der Waals surface area contributed by atoms with Crippen molar-refractivity contribution in [3.8, 4) is 0 Å². The second kappa shape index (κ2) is 9.80. The van der Waals surface area contributed by atoms with Crippen LogP contribution in [-0.4, -0.2) is 64.4 Å². The second-order valence-corrected chi connectivity index (χ2v) is 10.8. The third-order valence-electron chi connectivity index (χ3n) is 7.93. The Labute approximate surface area is 209 Å². The molecule has 1 aromatic heterocycles. The fraction of sp³-hybridized carbons (Fsp3) is 0.615. The number of imidazole rings is 1. The van der Waals surface area contributed by atoms with Crippen LogP contribution in [0, 0.1) is 17.2 Å². The van der Waals surface area contributed by atoms with Gasteiger partial charge < -0.3 is 25.3 Å². The van der Waals surface area contributed by atoms with Gasteiger partial charge in [-0.2, -0.15) is 0 Å². The number of ether oxygens (including phenoxy) is 1. The number of hydrogen-bond donors (Lipinski definition) is 3. The molecule has 3 fully saturated rings. The predicted octanol–water partition coefficient (Wildman–Crippen LogP) is 2.58. The molecule has 1 spiro atoms. The summed E-state index contributed by atoms with van der Waals surface area (Å²) in [6.45, 7) is 5.77. The third-order valence-corrected chi connectivity index (χ3v) is 7.93. The van der Waals surface area contributed by atoms with Crippen molar-refractivity contribution in [1.82, 2.24) is 25.5 Å². The van der Waals surface area contributed by atoms with Gasteiger partial charge in [0.05, 0.1) is 31.2 Å². The number of carbonyl (C=O) groups excluding carboxylic acids is 3. The van der Waals surface area contributed by atoms with Gasteiger partial charge in [-0.15, -0.1) is 0 Å². The van der Waals surface area contributed by atoms with E-state index in [1.165, 1.54) is 6.07 Å². The van der Waals surface area contributed by atoms with E-state index in [-0.39, 0.29) is 41.1 Å². The van der Waals surface area contributed by atoms with Crippen LogP contribution in [-0.2, 0) is 19.1 Å². The average molecular weight is 500 g/mol. The standard InChI is InChI=1S/C26H34FN5O4/c1-15-6-3-4-9-32(15)21(33)10-20(30-24(34)17-11-26(12-17)13-36-14-26)25(35)28-16(2)23-29-19-8-5-7-18(27)22(19)31-23/h5,7-8,15-17,20H,3-4,6,9-14H2,1-2H3,(H,28,35)(H,29,31)(H,30,34)/t15?,16-,20?/m0/s1. The Morgan fingerprint density at radius 1 is 1.25 bits per heavy atom. The average Bonchev–Trinajstić information content (AvgIpc) is 3.23. The predicted molar refractivity (Wildman–Crippen MR) is 130 cm³/mol. The minimum Gasteiger partial charge on any atom is -0.380 e. The van der Waals surface area contributed by atoms with Crippen LogP contribution in [0.2, 0.25) is 0 Å². The number of hydrogen-bond acceptors (Lipinski definition) is 5. The highest BCUT2D eigenvalue weighted by Crippen LogP contribution is 2.50. The van der Waals surface area contributed by atoms with E-state index in [1.54, 1.807) is 19.1 Å². The van der Waals surface area contributed by atoms with Crippen LogP contribution in [0.25, 0.3) is 11.0 Å². The van der Waals surface area contributed by atoms with Crippen molar-refractivity contribution < 1.29 is 23.5 Å². The van der Waals surface area contributed by atoms with Gasteiger partial charge in [0, 0.05) is 23.9 Å². The van der Waals surface area contributed by atoms with Gasteiger partial charge in [-0.05, 0) is 58.1 Å². The number of rotatable bonds is 7. The normalized spacial score (nSPS) is 23.0. The van der Waals surface area contributed by atoms with Gasteiger partial charge in [-0.1, -0.05) is 6.07 Å². The van der Waals surface area contributed by atoms with Gasteiger partial charge in [-0.25, -0.2) is 9.37 Å². The van der Waals surface area contributed by atoms with Gasteiger partial charge in [0.2, 0.25) is 17.7 Å². The highest BCUT2D eigenvalue weighted by molar-refractivity contribution is 5.93. The summed E-state index contributed by atoms with van der Waals surface area (Å²) in [5.74, 6) is -1.03. The number of piperidine rings is 1. The molecule has 9 nitrogen and oxygen atoms in total. The number of H-pyrrole nitrogens is 1. The van der Waals surface area contributed by atoms with Crippen molar-refractivity contribution in [2.45, 2.75) is 70.5 Å². The number of nitrogens with one attached hydrogen (secondary N) is 3. The van der Waals surface area contributed by atoms with E-state index in [2.05, 4.69) is 20.6 Å². The van der Waals surface area contributed by atoms with Gasteiger partial charge >= 0.3 is 0 Å². The maximum atomic E-state index is 14.1. The molecule has 3 N–H and O–H groups in total. The number of aromatic nitrogens is 2. The number of aromatic amines is 1. The maximum absolute atomic E-state index is 14.1. The topological polar surface area (TPSA) is 116 Å². The first-order valence-electron chi connectivity index (χ1n) is 12.9. The quantitative estimate of drug-likeness (QED) is 0.542. The molecule has 0 bridgehead atoms. The van der Waals surface area contributed by atoms with Crippen LogP contribution in [0.4, 0.5) is 4.39 Å². The van der Waals surface area contributed by atoms with Gasteiger partial charge in [0.25, 0.3) is 0 Å². The lowest BCUT2D eigenvalue weighted by Crippen LogP contribution is -2.58. The number of carbonyl (C=O) groups is 3. The van der Waals surface area contributed by atoms with E-state index in [4.69, 9.17) is 4.74 Å². The summed E-state index contributed by atoms with van der Waals surface area (Å²) in [7, 11) is 0. The molecule has 2 unspecified atom stereocenters. The van der Waals surface area contributed by atoms with Crippen LogP contribution >= 0.6 is 0 Å². The van der Waals surface area contributed by atoms with Gasteiger partial charge in [0.1, 0.15) is 17.4 Å². The number of nitrogens with zero attached hydrogens (tertiary/aromatic N) is 2. The summed E-state index contributed by atoms with van der Waals surface area (Å²) in [5.41, 5.74) is 0.847. The molecule has 3 atom stereocenters. The zero-order chi connectivity index (χ0) is 25.4. The molecule has 3 heterocycles. The van der Waals surface area contributed by atoms with E-state index in [0.29, 0.717) is 31.1 Å². The smallest absolute Gasteiger partial charge is 0.243 e. The van der Waals surface area contributed by atoms with Crippen molar-refractivity contribution in [2.75, 3.05) is 19.8 Å². The highest BCUT2D eigenvalue weighted by atomic mass is 19.1. The summed E-state index contributed by atoms with van der Waals surface area (Å²) in [6, 6.07) is 3.16. The Bertz CT molecular complexity index is 1150. The molecule has 5 rings (SSSR count). The fourth-order valence-corrected chi connectivity index (χ4v) is 5.66. The van der Waals surface area contributed by atoms with E-state index in [0.717, 1.165) is 32.1 Å². The summed E-state index contributed by atoms with van der Waals surface area (Å²) in [6.07, 6.45) is 4.32. The Hall–Kier alpha value is -3.01. The highest BCUT2D eigenvalue weighted by Gasteiger charge is 2.52. The molecule has 2 saturated heterocycles. The van der Waals surface area contributed by atoms with Crippen molar-refractivity contribution in [3.63, 3.8) is 0 Å². The minimum absolute atomic E-state index is 0.107. The van der Waals surface area contributed by atoms with Crippen LogP contribution < -0.4 is 10.6 Å². The molecule has 1 aliphatic carbocycles. The van der Waals surface area contributed by atoms with Gasteiger partial charge in [-0.3, -0.25) is 14.4 Å². The zero-order valence-corrected chi connectivity index (χ0v) is 20.8. The molecule has 1 aromatic carbocycles. The lowest BCUT2D eigenvalue weighted by molar-refractivity contribution is -0.184. The molecule has 10 heteroatoms. The van der Waals surface area contributed by atoms with Crippen molar-refractivity contribution >= 4 is 28.8 Å². The molecule has 3 amide bonds. The second-order valence-electron chi connectivity index (χ2n) is 10.8. The van der Waals surface area contributed by atoms with E-state index in [1.807, 2.05) is 11.8 Å². The molecule has 194 valence electrons. The summed E-state index contributed by atoms with van der Waals surface area (Å²) < 4.78 is 19.4. The van der Waals surface area contributed by atoms with Crippen LogP contribution in [0.3, 0.4) is 0 Å². The van der Waals surface area contributed by atoms with Crippen LogP contribution in [0.15, 0.2) is 18.2 Å².